The van der Waals surface area contributed by atoms with E-state index >= 15 is 0 Å². The molecule has 1 aliphatic rings. The van der Waals surface area contributed by atoms with Crippen molar-refractivity contribution in [2.75, 3.05) is 19.6 Å². The van der Waals surface area contributed by atoms with Gasteiger partial charge in [0.25, 0.3) is 5.91 Å². The van der Waals surface area contributed by atoms with Crippen molar-refractivity contribution in [1.82, 2.24) is 19.8 Å². The topological polar surface area (TPSA) is 50.2 Å². The van der Waals surface area contributed by atoms with Crippen LogP contribution in [0.3, 0.4) is 0 Å². The Morgan fingerprint density at radius 2 is 2.04 bits per heavy atom. The number of piperazine rings is 1. The molecule has 0 bridgehead atoms. The molecule has 2 aromatic carbocycles. The molecule has 1 unspecified atom stereocenters. The van der Waals surface area contributed by atoms with E-state index < -0.39 is 5.82 Å². The van der Waals surface area contributed by atoms with E-state index in [4.69, 9.17) is 0 Å². The second-order valence-corrected chi connectivity index (χ2v) is 7.21. The van der Waals surface area contributed by atoms with Crippen LogP contribution in [0.1, 0.15) is 22.8 Å². The van der Waals surface area contributed by atoms with E-state index in [-0.39, 0.29) is 11.9 Å². The van der Waals surface area contributed by atoms with Crippen molar-refractivity contribution in [3.05, 3.63) is 78.1 Å². The van der Waals surface area contributed by atoms with E-state index in [1.807, 2.05) is 46.9 Å². The van der Waals surface area contributed by atoms with E-state index in [1.54, 1.807) is 18.6 Å². The lowest BCUT2D eigenvalue weighted by Gasteiger charge is -2.34. The highest BCUT2D eigenvalue weighted by molar-refractivity contribution is 5.95. The molecule has 1 atom stereocenters. The smallest absolute Gasteiger partial charge is 0.254 e. The highest BCUT2D eigenvalue weighted by Gasteiger charge is 2.24. The maximum atomic E-state index is 14.3. The minimum Gasteiger partial charge on any atom is -0.333 e. The van der Waals surface area contributed by atoms with Crippen LogP contribution in [-0.4, -0.2) is 46.0 Å². The number of nitrogens with zero attached hydrogens (tertiary/aromatic N) is 3. The van der Waals surface area contributed by atoms with E-state index in [9.17, 15) is 9.18 Å². The molecular weight excluding hydrogens is 355 g/mol. The first-order valence-corrected chi connectivity index (χ1v) is 9.47. The van der Waals surface area contributed by atoms with E-state index in [0.717, 1.165) is 30.8 Å². The van der Waals surface area contributed by atoms with Gasteiger partial charge in [-0.3, -0.25) is 4.79 Å². The van der Waals surface area contributed by atoms with Gasteiger partial charge in [0, 0.05) is 50.2 Å². The van der Waals surface area contributed by atoms with E-state index in [1.165, 1.54) is 12.1 Å². The second kappa shape index (κ2) is 7.94. The van der Waals surface area contributed by atoms with Gasteiger partial charge in [-0.15, -0.1) is 0 Å². The third-order valence-corrected chi connectivity index (χ3v) is 5.12. The van der Waals surface area contributed by atoms with Crippen LogP contribution in [0.25, 0.3) is 11.1 Å². The molecule has 1 aromatic heterocycles. The molecule has 1 saturated heterocycles. The predicted octanol–water partition coefficient (Wildman–Crippen LogP) is 3.17. The van der Waals surface area contributed by atoms with Crippen LogP contribution in [-0.2, 0) is 6.54 Å². The number of halogens is 1. The molecule has 0 spiro atoms. The third kappa shape index (κ3) is 3.97. The maximum absolute atomic E-state index is 14.3. The third-order valence-electron chi connectivity index (χ3n) is 5.12. The monoisotopic (exact) mass is 378 g/mol. The first-order chi connectivity index (χ1) is 13.6. The summed E-state index contributed by atoms with van der Waals surface area (Å²) in [6, 6.07) is 12.6. The van der Waals surface area contributed by atoms with Crippen LogP contribution >= 0.6 is 0 Å². The van der Waals surface area contributed by atoms with Gasteiger partial charge in [0.15, 0.2) is 0 Å². The largest absolute Gasteiger partial charge is 0.333 e. The molecule has 0 aliphatic carbocycles. The number of nitrogens with one attached hydrogen (secondary N) is 1. The molecule has 3 aromatic rings. The highest BCUT2D eigenvalue weighted by Crippen LogP contribution is 2.24. The van der Waals surface area contributed by atoms with Crippen molar-refractivity contribution < 1.29 is 9.18 Å². The molecule has 5 nitrogen and oxygen atoms in total. The Bertz CT molecular complexity index is 953. The Labute approximate surface area is 163 Å². The SMILES string of the molecule is CC1CNCCN1C(=O)c1cc(F)cc(-c2ccc(Cn3ccnc3)cc2)c1. The lowest BCUT2D eigenvalue weighted by molar-refractivity contribution is 0.0655. The number of amides is 1. The van der Waals surface area contributed by atoms with Gasteiger partial charge in [-0.1, -0.05) is 24.3 Å². The summed E-state index contributed by atoms with van der Waals surface area (Å²) in [5.41, 5.74) is 3.12. The highest BCUT2D eigenvalue weighted by atomic mass is 19.1. The molecule has 4 rings (SSSR count). The summed E-state index contributed by atoms with van der Waals surface area (Å²) in [7, 11) is 0. The number of aromatic nitrogens is 2. The van der Waals surface area contributed by atoms with Gasteiger partial charge in [0.05, 0.1) is 6.33 Å². The second-order valence-electron chi connectivity index (χ2n) is 7.21. The standard InChI is InChI=1S/C22H23FN4O/c1-16-13-24-7-9-27(16)22(28)20-10-19(11-21(23)12-20)18-4-2-17(3-5-18)14-26-8-6-25-15-26/h2-6,8,10-12,15-16,24H,7,9,13-14H2,1H3. The number of carbonyl (C=O) groups is 1. The molecule has 2 heterocycles. The average molecular weight is 378 g/mol. The zero-order valence-corrected chi connectivity index (χ0v) is 15.8. The molecule has 1 fully saturated rings. The number of hydrogen-bond donors (Lipinski definition) is 1. The Kier molecular flexibility index (Phi) is 5.21. The van der Waals surface area contributed by atoms with Crippen molar-refractivity contribution in [3.8, 4) is 11.1 Å². The summed E-state index contributed by atoms with van der Waals surface area (Å²) in [6.45, 7) is 4.88. The van der Waals surface area contributed by atoms with Crippen molar-refractivity contribution in [2.24, 2.45) is 0 Å². The van der Waals surface area contributed by atoms with Crippen LogP contribution in [0.15, 0.2) is 61.2 Å². The van der Waals surface area contributed by atoms with Gasteiger partial charge >= 0.3 is 0 Å². The summed E-state index contributed by atoms with van der Waals surface area (Å²) < 4.78 is 16.3. The molecule has 0 radical (unpaired) electrons. The molecule has 1 aliphatic heterocycles. The van der Waals surface area contributed by atoms with Gasteiger partial charge in [-0.2, -0.15) is 0 Å². The normalized spacial score (nSPS) is 16.9. The zero-order chi connectivity index (χ0) is 19.5. The molecule has 28 heavy (non-hydrogen) atoms. The fraction of sp³-hybridized carbons (Fsp3) is 0.273. The molecule has 6 heteroatoms. The molecule has 1 amide bonds. The lowest BCUT2D eigenvalue weighted by Crippen LogP contribution is -2.52. The summed E-state index contributed by atoms with van der Waals surface area (Å²) in [5.74, 6) is -0.516. The predicted molar refractivity (Wildman–Crippen MR) is 107 cm³/mol. The van der Waals surface area contributed by atoms with Crippen molar-refractivity contribution >= 4 is 5.91 Å². The van der Waals surface area contributed by atoms with Gasteiger partial charge in [0.2, 0.25) is 0 Å². The van der Waals surface area contributed by atoms with Crippen molar-refractivity contribution in [3.63, 3.8) is 0 Å². The number of benzene rings is 2. The molecule has 144 valence electrons. The quantitative estimate of drug-likeness (QED) is 0.759. The number of imidazole rings is 1. The van der Waals surface area contributed by atoms with Gasteiger partial charge in [-0.25, -0.2) is 9.37 Å². The van der Waals surface area contributed by atoms with Crippen molar-refractivity contribution in [1.29, 1.82) is 0 Å². The molecule has 1 N–H and O–H groups in total. The molecular formula is C22H23FN4O. The van der Waals surface area contributed by atoms with Crippen LogP contribution in [0.2, 0.25) is 0 Å². The van der Waals surface area contributed by atoms with Gasteiger partial charge < -0.3 is 14.8 Å². The number of hydrogen-bond acceptors (Lipinski definition) is 3. The molecule has 0 saturated carbocycles. The average Bonchev–Trinajstić information content (AvgIpc) is 3.21. The van der Waals surface area contributed by atoms with E-state index in [2.05, 4.69) is 10.3 Å². The summed E-state index contributed by atoms with van der Waals surface area (Å²) in [6.07, 6.45) is 5.43. The Hall–Kier alpha value is -2.99. The van der Waals surface area contributed by atoms with Gasteiger partial charge in [-0.05, 0) is 41.8 Å². The van der Waals surface area contributed by atoms with Crippen LogP contribution in [0.5, 0.6) is 0 Å². The summed E-state index contributed by atoms with van der Waals surface area (Å²) in [5, 5.41) is 3.27. The minimum absolute atomic E-state index is 0.0930. The Morgan fingerprint density at radius 3 is 2.75 bits per heavy atom. The first-order valence-electron chi connectivity index (χ1n) is 9.47. The van der Waals surface area contributed by atoms with Crippen LogP contribution < -0.4 is 5.32 Å². The van der Waals surface area contributed by atoms with Crippen LogP contribution in [0.4, 0.5) is 4.39 Å². The first kappa shape index (κ1) is 18.4. The Balaban J connectivity index is 1.57. The lowest BCUT2D eigenvalue weighted by atomic mass is 10.0. The zero-order valence-electron chi connectivity index (χ0n) is 15.8. The van der Waals surface area contributed by atoms with Crippen molar-refractivity contribution in [2.45, 2.75) is 19.5 Å². The van der Waals surface area contributed by atoms with Gasteiger partial charge in [0.1, 0.15) is 5.82 Å². The minimum atomic E-state index is -0.397. The number of rotatable bonds is 4. The fourth-order valence-electron chi connectivity index (χ4n) is 3.58. The fourth-order valence-corrected chi connectivity index (χ4v) is 3.58. The van der Waals surface area contributed by atoms with E-state index in [0.29, 0.717) is 17.7 Å². The summed E-state index contributed by atoms with van der Waals surface area (Å²) in [4.78, 5) is 18.8. The Morgan fingerprint density at radius 1 is 1.21 bits per heavy atom. The summed E-state index contributed by atoms with van der Waals surface area (Å²) >= 11 is 0. The number of carbonyl (C=O) groups excluding carboxylic acids is 1. The maximum Gasteiger partial charge on any atom is 0.254 e. The van der Waals surface area contributed by atoms with Crippen LogP contribution in [0, 0.1) is 5.82 Å².